The van der Waals surface area contributed by atoms with E-state index in [2.05, 4.69) is 10.6 Å². The molecule has 3 heterocycles. The highest BCUT2D eigenvalue weighted by Crippen LogP contribution is 2.49. The first-order chi connectivity index (χ1) is 13.9. The summed E-state index contributed by atoms with van der Waals surface area (Å²) in [5.74, 6) is -5.07. The van der Waals surface area contributed by atoms with E-state index < -0.39 is 46.9 Å². The summed E-state index contributed by atoms with van der Waals surface area (Å²) in [6.45, 7) is 1.34. The van der Waals surface area contributed by atoms with E-state index in [0.29, 0.717) is 24.1 Å². The molecule has 152 valence electrons. The van der Waals surface area contributed by atoms with E-state index in [1.54, 1.807) is 0 Å². The molecular weight excluding hydrogens is 384 g/mol. The molecule has 0 spiro atoms. The van der Waals surface area contributed by atoms with Crippen LogP contribution in [0.4, 0.5) is 8.78 Å². The molecule has 29 heavy (non-hydrogen) atoms. The van der Waals surface area contributed by atoms with Crippen LogP contribution in [-0.4, -0.2) is 47.7 Å². The Morgan fingerprint density at radius 3 is 2.21 bits per heavy atom. The molecule has 1 aromatic rings. The van der Waals surface area contributed by atoms with Crippen molar-refractivity contribution in [2.75, 3.05) is 13.1 Å². The second-order valence-electron chi connectivity index (χ2n) is 8.23. The quantitative estimate of drug-likeness (QED) is 0.721. The van der Waals surface area contributed by atoms with Crippen molar-refractivity contribution in [2.45, 2.75) is 37.6 Å². The molecule has 1 saturated carbocycles. The summed E-state index contributed by atoms with van der Waals surface area (Å²) < 4.78 is 29.6. The Kier molecular flexibility index (Phi) is 4.06. The summed E-state index contributed by atoms with van der Waals surface area (Å²) in [5.41, 5.74) is -0.612. The van der Waals surface area contributed by atoms with Crippen LogP contribution < -0.4 is 10.6 Å². The highest BCUT2D eigenvalue weighted by Gasteiger charge is 2.51. The fourth-order valence-corrected chi connectivity index (χ4v) is 5.49. The van der Waals surface area contributed by atoms with Gasteiger partial charge in [-0.3, -0.25) is 29.4 Å². The number of rotatable bonds is 2. The topological polar surface area (TPSA) is 95.6 Å². The van der Waals surface area contributed by atoms with Gasteiger partial charge >= 0.3 is 0 Å². The molecule has 1 aliphatic carbocycles. The van der Waals surface area contributed by atoms with Gasteiger partial charge in [-0.2, -0.15) is 0 Å². The van der Waals surface area contributed by atoms with Gasteiger partial charge in [0.2, 0.25) is 11.8 Å². The zero-order valence-corrected chi connectivity index (χ0v) is 15.5. The molecule has 4 aliphatic rings. The molecule has 0 aromatic heterocycles. The first-order valence-corrected chi connectivity index (χ1v) is 9.82. The van der Waals surface area contributed by atoms with Crippen LogP contribution in [0.5, 0.6) is 0 Å². The van der Waals surface area contributed by atoms with Crippen LogP contribution in [-0.2, 0) is 9.59 Å². The number of hydrogen-bond donors (Lipinski definition) is 2. The van der Waals surface area contributed by atoms with Crippen molar-refractivity contribution >= 4 is 23.6 Å². The lowest BCUT2D eigenvalue weighted by Gasteiger charge is -2.32. The molecule has 2 N–H and O–H groups in total. The molecule has 1 unspecified atom stereocenters. The minimum atomic E-state index is -1.21. The lowest BCUT2D eigenvalue weighted by Crippen LogP contribution is -2.54. The lowest BCUT2D eigenvalue weighted by atomic mass is 9.77. The highest BCUT2D eigenvalue weighted by molar-refractivity contribution is 6.24. The van der Waals surface area contributed by atoms with Crippen molar-refractivity contribution in [2.24, 2.45) is 11.8 Å². The third-order valence-electron chi connectivity index (χ3n) is 6.73. The number of halogens is 2. The number of nitrogens with one attached hydrogen (secondary N) is 2. The predicted molar refractivity (Wildman–Crippen MR) is 94.9 cm³/mol. The monoisotopic (exact) mass is 403 g/mol. The van der Waals surface area contributed by atoms with Gasteiger partial charge in [0, 0.05) is 18.1 Å². The summed E-state index contributed by atoms with van der Waals surface area (Å²) in [4.78, 5) is 50.5. The van der Waals surface area contributed by atoms with Gasteiger partial charge in [0.05, 0.1) is 11.1 Å². The summed E-state index contributed by atoms with van der Waals surface area (Å²) >= 11 is 0. The van der Waals surface area contributed by atoms with E-state index in [1.807, 2.05) is 0 Å². The first kappa shape index (κ1) is 18.4. The standard InChI is InChI=1S/C20H19F2N3O4/c21-10-5-11(22)16-17(15(10)14-8-1-2-9(14)7-23-6-8)20(29)25(19(16)28)12-3-4-13(26)24-18(12)27/h5,8-9,12,14,23H,1-4,6-7H2,(H,24,26,27)/t8-,9+,12?,14-. The lowest BCUT2D eigenvalue weighted by molar-refractivity contribution is -0.136. The van der Waals surface area contributed by atoms with Crippen LogP contribution in [0, 0.1) is 23.5 Å². The Morgan fingerprint density at radius 2 is 1.55 bits per heavy atom. The number of amides is 4. The molecule has 4 amide bonds. The van der Waals surface area contributed by atoms with Crippen molar-refractivity contribution < 1.29 is 28.0 Å². The Bertz CT molecular complexity index is 963. The van der Waals surface area contributed by atoms with Gasteiger partial charge in [-0.1, -0.05) is 0 Å². The van der Waals surface area contributed by atoms with Gasteiger partial charge in [0.25, 0.3) is 11.8 Å². The van der Waals surface area contributed by atoms with Gasteiger partial charge in [0.1, 0.15) is 17.7 Å². The average Bonchev–Trinajstić information content (AvgIpc) is 3.05. The number of benzene rings is 1. The maximum Gasteiger partial charge on any atom is 0.265 e. The summed E-state index contributed by atoms with van der Waals surface area (Å²) in [6.07, 6.45) is 1.67. The SMILES string of the molecule is O=C1CCC(N2C(=O)c3c(F)cc(F)c([C@@H]4[C@@H]5CC[C@H]4CNC5)c3C2=O)C(=O)N1. The maximum atomic E-state index is 15.0. The second-order valence-corrected chi connectivity index (χ2v) is 8.23. The minimum Gasteiger partial charge on any atom is -0.316 e. The zero-order valence-electron chi connectivity index (χ0n) is 15.5. The Labute approximate surface area is 164 Å². The van der Waals surface area contributed by atoms with Crippen molar-refractivity contribution in [1.82, 2.24) is 15.5 Å². The zero-order chi connectivity index (χ0) is 20.4. The number of carbonyl (C=O) groups excluding carboxylic acids is 4. The van der Waals surface area contributed by atoms with Crippen molar-refractivity contribution in [3.63, 3.8) is 0 Å². The van der Waals surface area contributed by atoms with Crippen LogP contribution in [0.3, 0.4) is 0 Å². The predicted octanol–water partition coefficient (Wildman–Crippen LogP) is 1.08. The average molecular weight is 403 g/mol. The molecule has 5 rings (SSSR count). The number of imide groups is 2. The number of nitrogens with zero attached hydrogens (tertiary/aromatic N) is 1. The van der Waals surface area contributed by atoms with E-state index in [0.717, 1.165) is 12.8 Å². The van der Waals surface area contributed by atoms with E-state index in [1.165, 1.54) is 0 Å². The second kappa shape index (κ2) is 6.41. The van der Waals surface area contributed by atoms with E-state index in [4.69, 9.17) is 0 Å². The summed E-state index contributed by atoms with van der Waals surface area (Å²) in [7, 11) is 0. The van der Waals surface area contributed by atoms with Crippen molar-refractivity contribution in [1.29, 1.82) is 0 Å². The third kappa shape index (κ3) is 2.56. The van der Waals surface area contributed by atoms with Gasteiger partial charge in [-0.25, -0.2) is 8.78 Å². The van der Waals surface area contributed by atoms with Crippen LogP contribution in [0.2, 0.25) is 0 Å². The summed E-state index contributed by atoms with van der Waals surface area (Å²) in [6, 6.07) is -0.533. The number of fused-ring (bicyclic) bond motifs is 3. The van der Waals surface area contributed by atoms with Crippen molar-refractivity contribution in [3.8, 4) is 0 Å². The Hall–Kier alpha value is -2.68. The van der Waals surface area contributed by atoms with Crippen molar-refractivity contribution in [3.05, 3.63) is 34.4 Å². The molecule has 3 fully saturated rings. The molecule has 3 aliphatic heterocycles. The normalized spacial score (nSPS) is 31.3. The third-order valence-corrected chi connectivity index (χ3v) is 6.73. The molecule has 2 saturated heterocycles. The highest BCUT2D eigenvalue weighted by atomic mass is 19.1. The molecule has 2 bridgehead atoms. The van der Waals surface area contributed by atoms with Crippen LogP contribution in [0.1, 0.15) is 57.9 Å². The van der Waals surface area contributed by atoms with E-state index >= 15 is 0 Å². The Morgan fingerprint density at radius 1 is 0.897 bits per heavy atom. The molecule has 9 heteroatoms. The Balaban J connectivity index is 1.62. The summed E-state index contributed by atoms with van der Waals surface area (Å²) in [5, 5.41) is 5.39. The largest absolute Gasteiger partial charge is 0.316 e. The first-order valence-electron chi connectivity index (χ1n) is 9.82. The minimum absolute atomic E-state index is 0.0336. The number of hydrogen-bond acceptors (Lipinski definition) is 5. The van der Waals surface area contributed by atoms with Crippen LogP contribution in [0.25, 0.3) is 0 Å². The molecule has 4 atom stereocenters. The van der Waals surface area contributed by atoms with Gasteiger partial charge in [-0.15, -0.1) is 0 Å². The fraction of sp³-hybridized carbons (Fsp3) is 0.500. The van der Waals surface area contributed by atoms with Crippen LogP contribution >= 0.6 is 0 Å². The molecular formula is C20H19F2N3O4. The maximum absolute atomic E-state index is 15.0. The number of piperidine rings is 2. The number of carbonyl (C=O) groups is 4. The van der Waals surface area contributed by atoms with Gasteiger partial charge in [0.15, 0.2) is 0 Å². The van der Waals surface area contributed by atoms with Gasteiger partial charge < -0.3 is 5.32 Å². The fourth-order valence-electron chi connectivity index (χ4n) is 5.49. The van der Waals surface area contributed by atoms with Crippen LogP contribution in [0.15, 0.2) is 6.07 Å². The van der Waals surface area contributed by atoms with Gasteiger partial charge in [-0.05, 0) is 50.1 Å². The van der Waals surface area contributed by atoms with E-state index in [9.17, 15) is 28.0 Å². The smallest absolute Gasteiger partial charge is 0.265 e. The molecule has 7 nitrogen and oxygen atoms in total. The molecule has 1 aromatic carbocycles. The van der Waals surface area contributed by atoms with E-state index in [-0.39, 0.29) is 41.7 Å². The molecule has 0 radical (unpaired) electrons.